The van der Waals surface area contributed by atoms with Gasteiger partial charge in [0.05, 0.1) is 0 Å². The van der Waals surface area contributed by atoms with Crippen LogP contribution in [-0.2, 0) is 0 Å². The van der Waals surface area contributed by atoms with Crippen LogP contribution in [0.15, 0.2) is 35.3 Å². The SMILES string of the molecule is CN(C)C(=NCCCNC(=O)c1ccccc1)N(C)C.I. The Morgan fingerprint density at radius 3 is 2.19 bits per heavy atom. The molecule has 0 aliphatic heterocycles. The summed E-state index contributed by atoms with van der Waals surface area (Å²) in [5.41, 5.74) is 0.693. The van der Waals surface area contributed by atoms with E-state index in [0.29, 0.717) is 18.7 Å². The Morgan fingerprint density at radius 1 is 1.10 bits per heavy atom. The second kappa shape index (κ2) is 10.4. The number of carbonyl (C=O) groups excluding carboxylic acids is 1. The van der Waals surface area contributed by atoms with Gasteiger partial charge in [-0.15, -0.1) is 24.0 Å². The fraction of sp³-hybridized carbons (Fsp3) is 0.467. The summed E-state index contributed by atoms with van der Waals surface area (Å²) in [6, 6.07) is 9.24. The maximum Gasteiger partial charge on any atom is 0.251 e. The molecule has 21 heavy (non-hydrogen) atoms. The summed E-state index contributed by atoms with van der Waals surface area (Å²) in [5, 5.41) is 2.90. The number of benzene rings is 1. The molecule has 0 heterocycles. The Bertz CT molecular complexity index is 436. The van der Waals surface area contributed by atoms with Crippen LogP contribution < -0.4 is 5.32 Å². The molecule has 1 N–H and O–H groups in total. The van der Waals surface area contributed by atoms with Crippen molar-refractivity contribution < 1.29 is 4.79 Å². The summed E-state index contributed by atoms with van der Waals surface area (Å²) in [6.45, 7) is 1.33. The molecule has 5 nitrogen and oxygen atoms in total. The number of carbonyl (C=O) groups is 1. The summed E-state index contributed by atoms with van der Waals surface area (Å²) < 4.78 is 0. The molecule has 0 saturated heterocycles. The Labute approximate surface area is 144 Å². The third-order valence-corrected chi connectivity index (χ3v) is 2.71. The minimum Gasteiger partial charge on any atom is -0.352 e. The van der Waals surface area contributed by atoms with Gasteiger partial charge in [-0.2, -0.15) is 0 Å². The molecule has 118 valence electrons. The molecule has 6 heteroatoms. The number of guanidine groups is 1. The molecule has 0 radical (unpaired) electrons. The zero-order chi connectivity index (χ0) is 15.0. The molecule has 0 fully saturated rings. The number of aliphatic imine (C=N–C) groups is 1. The van der Waals surface area contributed by atoms with E-state index in [1.165, 1.54) is 0 Å². The Hall–Kier alpha value is -1.31. The summed E-state index contributed by atoms with van der Waals surface area (Å²) >= 11 is 0. The van der Waals surface area contributed by atoms with Crippen LogP contribution in [0.25, 0.3) is 0 Å². The minimum absolute atomic E-state index is 0. The fourth-order valence-corrected chi connectivity index (χ4v) is 1.83. The van der Waals surface area contributed by atoms with Crippen molar-refractivity contribution in [2.45, 2.75) is 6.42 Å². The maximum absolute atomic E-state index is 11.8. The first-order chi connectivity index (χ1) is 9.52. The van der Waals surface area contributed by atoms with Gasteiger partial charge in [0.2, 0.25) is 0 Å². The first-order valence-corrected chi connectivity index (χ1v) is 6.74. The zero-order valence-electron chi connectivity index (χ0n) is 13.2. The third kappa shape index (κ3) is 7.31. The standard InChI is InChI=1S/C15H24N4O.HI/c1-18(2)15(19(3)4)17-12-8-11-16-14(20)13-9-6-5-7-10-13;/h5-7,9-10H,8,11-12H2,1-4H3,(H,16,20);1H. The van der Waals surface area contributed by atoms with E-state index in [-0.39, 0.29) is 29.9 Å². The molecule has 0 bridgehead atoms. The normalized spacial score (nSPS) is 9.33. The predicted molar refractivity (Wildman–Crippen MR) is 98.5 cm³/mol. The van der Waals surface area contributed by atoms with E-state index < -0.39 is 0 Å². The van der Waals surface area contributed by atoms with E-state index in [1.54, 1.807) is 0 Å². The first kappa shape index (κ1) is 19.7. The largest absolute Gasteiger partial charge is 0.352 e. The number of nitrogens with zero attached hydrogens (tertiary/aromatic N) is 3. The van der Waals surface area contributed by atoms with Crippen molar-refractivity contribution >= 4 is 35.8 Å². The van der Waals surface area contributed by atoms with Gasteiger partial charge in [0, 0.05) is 46.8 Å². The average molecular weight is 404 g/mol. The van der Waals surface area contributed by atoms with Crippen LogP contribution in [0.5, 0.6) is 0 Å². The highest BCUT2D eigenvalue weighted by Crippen LogP contribution is 1.97. The number of amides is 1. The van der Waals surface area contributed by atoms with Crippen LogP contribution in [0, 0.1) is 0 Å². The Morgan fingerprint density at radius 2 is 1.67 bits per heavy atom. The van der Waals surface area contributed by atoms with Gasteiger partial charge in [0.1, 0.15) is 0 Å². The summed E-state index contributed by atoms with van der Waals surface area (Å²) in [5.74, 6) is 0.898. The Balaban J connectivity index is 0.00000400. The molecule has 0 spiro atoms. The maximum atomic E-state index is 11.8. The highest BCUT2D eigenvalue weighted by atomic mass is 127. The van der Waals surface area contributed by atoms with Crippen molar-refractivity contribution in [2.75, 3.05) is 41.3 Å². The highest BCUT2D eigenvalue weighted by molar-refractivity contribution is 14.0. The predicted octanol–water partition coefficient (Wildman–Crippen LogP) is 1.90. The van der Waals surface area contributed by atoms with E-state index in [4.69, 9.17) is 0 Å². The second-order valence-corrected chi connectivity index (χ2v) is 4.95. The van der Waals surface area contributed by atoms with Gasteiger partial charge in [-0.05, 0) is 18.6 Å². The number of hydrogen-bond donors (Lipinski definition) is 1. The molecular formula is C15H25IN4O. The zero-order valence-corrected chi connectivity index (χ0v) is 15.5. The van der Waals surface area contributed by atoms with Crippen LogP contribution in [0.2, 0.25) is 0 Å². The van der Waals surface area contributed by atoms with Crippen molar-refractivity contribution in [3.8, 4) is 0 Å². The smallest absolute Gasteiger partial charge is 0.251 e. The van der Waals surface area contributed by atoms with E-state index >= 15 is 0 Å². The van der Waals surface area contributed by atoms with Gasteiger partial charge in [0.15, 0.2) is 5.96 Å². The van der Waals surface area contributed by atoms with Crippen LogP contribution >= 0.6 is 24.0 Å². The molecule has 0 unspecified atom stereocenters. The lowest BCUT2D eigenvalue weighted by Crippen LogP contribution is -2.35. The van der Waals surface area contributed by atoms with E-state index in [9.17, 15) is 4.79 Å². The number of nitrogens with one attached hydrogen (secondary N) is 1. The van der Waals surface area contributed by atoms with Crippen LogP contribution in [-0.4, -0.2) is 62.9 Å². The van der Waals surface area contributed by atoms with Crippen LogP contribution in [0.4, 0.5) is 0 Å². The quantitative estimate of drug-likeness (QED) is 0.353. The Kier molecular flexibility index (Phi) is 9.77. The molecule has 0 aliphatic carbocycles. The van der Waals surface area contributed by atoms with Gasteiger partial charge in [-0.25, -0.2) is 0 Å². The monoisotopic (exact) mass is 404 g/mol. The second-order valence-electron chi connectivity index (χ2n) is 4.95. The van der Waals surface area contributed by atoms with Crippen LogP contribution in [0.3, 0.4) is 0 Å². The van der Waals surface area contributed by atoms with Crippen molar-refractivity contribution in [3.05, 3.63) is 35.9 Å². The molecular weight excluding hydrogens is 379 g/mol. The van der Waals surface area contributed by atoms with Gasteiger partial charge >= 0.3 is 0 Å². The topological polar surface area (TPSA) is 47.9 Å². The third-order valence-electron chi connectivity index (χ3n) is 2.71. The lowest BCUT2D eigenvalue weighted by Gasteiger charge is -2.22. The summed E-state index contributed by atoms with van der Waals surface area (Å²) in [4.78, 5) is 20.3. The molecule has 1 aromatic carbocycles. The minimum atomic E-state index is -0.0324. The summed E-state index contributed by atoms with van der Waals surface area (Å²) in [7, 11) is 7.87. The van der Waals surface area contributed by atoms with Gasteiger partial charge in [-0.1, -0.05) is 18.2 Å². The number of halogens is 1. The van der Waals surface area contributed by atoms with Gasteiger partial charge in [-0.3, -0.25) is 9.79 Å². The molecule has 0 aliphatic rings. The number of hydrogen-bond acceptors (Lipinski definition) is 2. The van der Waals surface area contributed by atoms with Crippen molar-refractivity contribution in [2.24, 2.45) is 4.99 Å². The van der Waals surface area contributed by atoms with Crippen molar-refractivity contribution in [1.82, 2.24) is 15.1 Å². The van der Waals surface area contributed by atoms with E-state index in [0.717, 1.165) is 12.4 Å². The molecule has 1 rings (SSSR count). The van der Waals surface area contributed by atoms with Crippen LogP contribution in [0.1, 0.15) is 16.8 Å². The lowest BCUT2D eigenvalue weighted by molar-refractivity contribution is 0.0953. The van der Waals surface area contributed by atoms with Crippen molar-refractivity contribution in [3.63, 3.8) is 0 Å². The van der Waals surface area contributed by atoms with Crippen molar-refractivity contribution in [1.29, 1.82) is 0 Å². The van der Waals surface area contributed by atoms with E-state index in [2.05, 4.69) is 10.3 Å². The van der Waals surface area contributed by atoms with Gasteiger partial charge < -0.3 is 15.1 Å². The highest BCUT2D eigenvalue weighted by Gasteiger charge is 2.04. The summed E-state index contributed by atoms with van der Waals surface area (Å²) in [6.07, 6.45) is 0.823. The molecule has 0 aromatic heterocycles. The fourth-order valence-electron chi connectivity index (χ4n) is 1.83. The number of rotatable bonds is 5. The average Bonchev–Trinajstić information content (AvgIpc) is 2.42. The van der Waals surface area contributed by atoms with E-state index in [1.807, 2.05) is 68.3 Å². The molecule has 1 amide bonds. The molecule has 1 aromatic rings. The van der Waals surface area contributed by atoms with Gasteiger partial charge in [0.25, 0.3) is 5.91 Å². The lowest BCUT2D eigenvalue weighted by atomic mass is 10.2. The molecule has 0 atom stereocenters. The molecule has 0 saturated carbocycles. The first-order valence-electron chi connectivity index (χ1n) is 6.74.